The van der Waals surface area contributed by atoms with E-state index in [4.69, 9.17) is 14.6 Å². The average Bonchev–Trinajstić information content (AvgIpc) is 2.20. The molecule has 4 nitrogen and oxygen atoms in total. The van der Waals surface area contributed by atoms with Gasteiger partial charge in [0.1, 0.15) is 5.75 Å². The van der Waals surface area contributed by atoms with E-state index in [-0.39, 0.29) is 18.8 Å². The molecule has 0 unspecified atom stereocenters. The van der Waals surface area contributed by atoms with Gasteiger partial charge < -0.3 is 14.6 Å². The number of methoxy groups -OCH3 is 1. The minimum absolute atomic E-state index is 0.00407. The first-order valence-electron chi connectivity index (χ1n) is 4.31. The smallest absolute Gasteiger partial charge is 0.306 e. The molecule has 0 radical (unpaired) electrons. The van der Waals surface area contributed by atoms with Crippen molar-refractivity contribution in [2.24, 2.45) is 0 Å². The standard InChI is InChI=1S/C10H11FO4/c1-14-7-2-3-8(11)9(6-7)15-5-4-10(12)13/h2-3,6H,4-5H2,1H3,(H,12,13). The Hall–Kier alpha value is -1.78. The van der Waals surface area contributed by atoms with Crippen molar-refractivity contribution in [1.82, 2.24) is 0 Å². The Labute approximate surface area is 86.2 Å². The van der Waals surface area contributed by atoms with Gasteiger partial charge in [0.25, 0.3) is 0 Å². The zero-order valence-corrected chi connectivity index (χ0v) is 8.20. The van der Waals surface area contributed by atoms with Crippen LogP contribution in [0, 0.1) is 5.82 Å². The second-order valence-corrected chi connectivity index (χ2v) is 2.79. The highest BCUT2D eigenvalue weighted by atomic mass is 19.1. The summed E-state index contributed by atoms with van der Waals surface area (Å²) in [7, 11) is 1.45. The zero-order valence-electron chi connectivity index (χ0n) is 8.20. The summed E-state index contributed by atoms with van der Waals surface area (Å²) < 4.78 is 22.9. The van der Waals surface area contributed by atoms with Gasteiger partial charge in [-0.1, -0.05) is 0 Å². The highest BCUT2D eigenvalue weighted by Gasteiger charge is 2.06. The van der Waals surface area contributed by atoms with Gasteiger partial charge in [-0.25, -0.2) is 4.39 Å². The lowest BCUT2D eigenvalue weighted by Gasteiger charge is -2.07. The number of ether oxygens (including phenoxy) is 2. The number of benzene rings is 1. The number of carboxylic acids is 1. The topological polar surface area (TPSA) is 55.8 Å². The predicted octanol–water partition coefficient (Wildman–Crippen LogP) is 1.69. The van der Waals surface area contributed by atoms with Crippen LogP contribution in [0.3, 0.4) is 0 Å². The van der Waals surface area contributed by atoms with Crippen LogP contribution in [0.4, 0.5) is 4.39 Å². The maximum Gasteiger partial charge on any atom is 0.306 e. The molecule has 1 aromatic rings. The highest BCUT2D eigenvalue weighted by molar-refractivity contribution is 5.66. The number of rotatable bonds is 5. The van der Waals surface area contributed by atoms with Crippen molar-refractivity contribution < 1.29 is 23.8 Å². The van der Waals surface area contributed by atoms with Crippen molar-refractivity contribution in [1.29, 1.82) is 0 Å². The first kappa shape index (κ1) is 11.3. The summed E-state index contributed by atoms with van der Waals surface area (Å²) in [5, 5.41) is 8.36. The van der Waals surface area contributed by atoms with Gasteiger partial charge in [-0.15, -0.1) is 0 Å². The molecule has 15 heavy (non-hydrogen) atoms. The molecule has 1 aromatic carbocycles. The van der Waals surface area contributed by atoms with Gasteiger partial charge in [-0.2, -0.15) is 0 Å². The number of hydrogen-bond donors (Lipinski definition) is 1. The van der Waals surface area contributed by atoms with Crippen molar-refractivity contribution >= 4 is 5.97 Å². The molecule has 0 amide bonds. The highest BCUT2D eigenvalue weighted by Crippen LogP contribution is 2.23. The van der Waals surface area contributed by atoms with Crippen LogP contribution >= 0.6 is 0 Å². The fraction of sp³-hybridized carbons (Fsp3) is 0.300. The minimum atomic E-state index is -0.988. The predicted molar refractivity (Wildman–Crippen MR) is 50.7 cm³/mol. The van der Waals surface area contributed by atoms with Gasteiger partial charge in [0.05, 0.1) is 20.1 Å². The fourth-order valence-electron chi connectivity index (χ4n) is 0.970. The van der Waals surface area contributed by atoms with Crippen molar-refractivity contribution in [3.63, 3.8) is 0 Å². The molecule has 0 aliphatic carbocycles. The maximum absolute atomic E-state index is 13.1. The third kappa shape index (κ3) is 3.46. The van der Waals surface area contributed by atoms with Gasteiger partial charge >= 0.3 is 5.97 Å². The Morgan fingerprint density at radius 1 is 1.53 bits per heavy atom. The van der Waals surface area contributed by atoms with E-state index in [1.807, 2.05) is 0 Å². The Morgan fingerprint density at radius 2 is 2.27 bits per heavy atom. The van der Waals surface area contributed by atoms with Crippen LogP contribution in [0.25, 0.3) is 0 Å². The van der Waals surface area contributed by atoms with Gasteiger partial charge in [0.2, 0.25) is 0 Å². The molecular weight excluding hydrogens is 203 g/mol. The maximum atomic E-state index is 13.1. The number of halogens is 1. The first-order valence-corrected chi connectivity index (χ1v) is 4.31. The van der Waals surface area contributed by atoms with E-state index in [1.54, 1.807) is 0 Å². The summed E-state index contributed by atoms with van der Waals surface area (Å²) in [6.07, 6.45) is -0.170. The van der Waals surface area contributed by atoms with Crippen LogP contribution < -0.4 is 9.47 Å². The Morgan fingerprint density at radius 3 is 2.87 bits per heavy atom. The summed E-state index contributed by atoms with van der Waals surface area (Å²) in [4.78, 5) is 10.2. The molecule has 0 aliphatic rings. The lowest BCUT2D eigenvalue weighted by atomic mass is 10.3. The lowest BCUT2D eigenvalue weighted by molar-refractivity contribution is -0.137. The van der Waals surface area contributed by atoms with E-state index < -0.39 is 11.8 Å². The van der Waals surface area contributed by atoms with E-state index in [0.717, 1.165) is 0 Å². The second kappa shape index (κ2) is 5.19. The van der Waals surface area contributed by atoms with Crippen LogP contribution in [-0.4, -0.2) is 24.8 Å². The second-order valence-electron chi connectivity index (χ2n) is 2.79. The average molecular weight is 214 g/mol. The SMILES string of the molecule is COc1ccc(F)c(OCCC(=O)O)c1. The third-order valence-electron chi connectivity index (χ3n) is 1.71. The molecule has 0 fully saturated rings. The Balaban J connectivity index is 2.62. The molecule has 0 aliphatic heterocycles. The number of carboxylic acid groups (broad SMARTS) is 1. The van der Waals surface area contributed by atoms with E-state index in [2.05, 4.69) is 0 Å². The molecule has 1 N–H and O–H groups in total. The third-order valence-corrected chi connectivity index (χ3v) is 1.71. The summed E-state index contributed by atoms with van der Waals surface area (Å²) in [5.41, 5.74) is 0. The molecule has 0 saturated carbocycles. The Bertz CT molecular complexity index is 351. The lowest BCUT2D eigenvalue weighted by Crippen LogP contribution is -2.05. The molecular formula is C10H11FO4. The van der Waals surface area contributed by atoms with Gasteiger partial charge in [0.15, 0.2) is 11.6 Å². The zero-order chi connectivity index (χ0) is 11.3. The van der Waals surface area contributed by atoms with Crippen LogP contribution in [0.2, 0.25) is 0 Å². The van der Waals surface area contributed by atoms with Crippen LogP contribution in [0.1, 0.15) is 6.42 Å². The van der Waals surface area contributed by atoms with Crippen molar-refractivity contribution in [3.8, 4) is 11.5 Å². The van der Waals surface area contributed by atoms with E-state index in [9.17, 15) is 9.18 Å². The van der Waals surface area contributed by atoms with Gasteiger partial charge in [0, 0.05) is 6.07 Å². The van der Waals surface area contributed by atoms with Crippen LogP contribution in [-0.2, 0) is 4.79 Å². The van der Waals surface area contributed by atoms with E-state index >= 15 is 0 Å². The number of hydrogen-bond acceptors (Lipinski definition) is 3. The number of aliphatic carboxylic acids is 1. The van der Waals surface area contributed by atoms with Crippen LogP contribution in [0.15, 0.2) is 18.2 Å². The largest absolute Gasteiger partial charge is 0.497 e. The normalized spacial score (nSPS) is 9.73. The monoisotopic (exact) mass is 214 g/mol. The number of carbonyl (C=O) groups is 1. The summed E-state index contributed by atoms with van der Waals surface area (Å²) >= 11 is 0. The van der Waals surface area contributed by atoms with Crippen molar-refractivity contribution in [2.75, 3.05) is 13.7 Å². The summed E-state index contributed by atoms with van der Waals surface area (Å²) in [6.45, 7) is -0.0700. The molecule has 0 bridgehead atoms. The molecule has 0 heterocycles. The van der Waals surface area contributed by atoms with Crippen LogP contribution in [0.5, 0.6) is 11.5 Å². The molecule has 0 aromatic heterocycles. The summed E-state index contributed by atoms with van der Waals surface area (Å²) in [6, 6.07) is 4.03. The molecule has 5 heteroatoms. The molecule has 82 valence electrons. The molecule has 0 spiro atoms. The minimum Gasteiger partial charge on any atom is -0.497 e. The van der Waals surface area contributed by atoms with Crippen molar-refractivity contribution in [3.05, 3.63) is 24.0 Å². The first-order chi connectivity index (χ1) is 7.13. The fourth-order valence-corrected chi connectivity index (χ4v) is 0.970. The van der Waals surface area contributed by atoms with Gasteiger partial charge in [-0.05, 0) is 12.1 Å². The van der Waals surface area contributed by atoms with E-state index in [0.29, 0.717) is 5.75 Å². The molecule has 0 saturated heterocycles. The van der Waals surface area contributed by atoms with Gasteiger partial charge in [-0.3, -0.25) is 4.79 Å². The van der Waals surface area contributed by atoms with E-state index in [1.165, 1.54) is 25.3 Å². The summed E-state index contributed by atoms with van der Waals surface area (Å²) in [5.74, 6) is -1.07. The van der Waals surface area contributed by atoms with Crippen molar-refractivity contribution in [2.45, 2.75) is 6.42 Å². The Kier molecular flexibility index (Phi) is 3.91. The molecule has 0 atom stereocenters. The molecule has 1 rings (SSSR count). The quantitative estimate of drug-likeness (QED) is 0.810.